The van der Waals surface area contributed by atoms with Gasteiger partial charge in [0.1, 0.15) is 5.82 Å². The summed E-state index contributed by atoms with van der Waals surface area (Å²) in [6, 6.07) is 8.55. The molecule has 0 radical (unpaired) electrons. The predicted molar refractivity (Wildman–Crippen MR) is 88.2 cm³/mol. The van der Waals surface area contributed by atoms with Crippen molar-refractivity contribution in [1.29, 1.82) is 0 Å². The molecule has 1 fully saturated rings. The van der Waals surface area contributed by atoms with E-state index in [0.717, 1.165) is 18.1 Å². The molecule has 3 rings (SSSR count). The van der Waals surface area contributed by atoms with Crippen LogP contribution in [0, 0.1) is 0 Å². The number of nitrogens with one attached hydrogen (secondary N) is 1. The Morgan fingerprint density at radius 1 is 1.18 bits per heavy atom. The van der Waals surface area contributed by atoms with Gasteiger partial charge in [-0.25, -0.2) is 15.0 Å². The topological polar surface area (TPSA) is 53.9 Å². The summed E-state index contributed by atoms with van der Waals surface area (Å²) in [7, 11) is 0. The summed E-state index contributed by atoms with van der Waals surface area (Å²) < 4.78 is 0. The van der Waals surface area contributed by atoms with Crippen LogP contribution in [-0.4, -0.2) is 39.0 Å². The summed E-state index contributed by atoms with van der Waals surface area (Å²) in [4.78, 5) is 15.7. The van der Waals surface area contributed by atoms with Crippen LogP contribution >= 0.6 is 0 Å². The highest BCUT2D eigenvalue weighted by atomic mass is 15.2. The van der Waals surface area contributed by atoms with Crippen LogP contribution in [0.1, 0.15) is 38.3 Å². The number of piperidine rings is 1. The lowest BCUT2D eigenvalue weighted by atomic mass is 9.93. The van der Waals surface area contributed by atoms with Gasteiger partial charge in [-0.1, -0.05) is 6.07 Å². The average Bonchev–Trinajstić information content (AvgIpc) is 2.56. The molecule has 22 heavy (non-hydrogen) atoms. The Kier molecular flexibility index (Phi) is 4.63. The predicted octanol–water partition coefficient (Wildman–Crippen LogP) is 3.20. The van der Waals surface area contributed by atoms with E-state index in [0.29, 0.717) is 17.9 Å². The molecule has 1 aliphatic heterocycles. The van der Waals surface area contributed by atoms with Crippen LogP contribution in [0.3, 0.4) is 0 Å². The van der Waals surface area contributed by atoms with Crippen LogP contribution in [-0.2, 0) is 0 Å². The molecule has 0 saturated carbocycles. The lowest BCUT2D eigenvalue weighted by molar-refractivity contribution is 0.166. The molecule has 2 aromatic rings. The first-order valence-corrected chi connectivity index (χ1v) is 7.97. The zero-order chi connectivity index (χ0) is 15.4. The van der Waals surface area contributed by atoms with Crippen molar-refractivity contribution in [2.75, 3.05) is 18.4 Å². The molecule has 1 N–H and O–H groups in total. The number of hydrogen-bond acceptors (Lipinski definition) is 5. The summed E-state index contributed by atoms with van der Waals surface area (Å²) in [6.07, 6.45) is 5.90. The van der Waals surface area contributed by atoms with E-state index in [1.54, 1.807) is 18.5 Å². The number of rotatable bonds is 4. The molecule has 5 nitrogen and oxygen atoms in total. The fourth-order valence-corrected chi connectivity index (χ4v) is 2.94. The van der Waals surface area contributed by atoms with Crippen molar-refractivity contribution >= 4 is 11.8 Å². The SMILES string of the molecule is CC(C)N1CCC[C@@H](c2cccc(Nc3ncccn3)n2)C1. The van der Waals surface area contributed by atoms with Crippen LogP contribution in [0.5, 0.6) is 0 Å². The molecular weight excluding hydrogens is 274 g/mol. The van der Waals surface area contributed by atoms with E-state index in [-0.39, 0.29) is 0 Å². The Morgan fingerprint density at radius 3 is 2.77 bits per heavy atom. The summed E-state index contributed by atoms with van der Waals surface area (Å²) in [5.41, 5.74) is 1.16. The van der Waals surface area contributed by atoms with Crippen molar-refractivity contribution in [3.05, 3.63) is 42.4 Å². The Labute approximate surface area is 131 Å². The van der Waals surface area contributed by atoms with Crippen LogP contribution in [0.25, 0.3) is 0 Å². The van der Waals surface area contributed by atoms with Gasteiger partial charge in [-0.15, -0.1) is 0 Å². The third-order valence-corrected chi connectivity index (χ3v) is 4.18. The zero-order valence-corrected chi connectivity index (χ0v) is 13.2. The monoisotopic (exact) mass is 297 g/mol. The number of anilines is 2. The van der Waals surface area contributed by atoms with Crippen molar-refractivity contribution in [2.24, 2.45) is 0 Å². The molecule has 0 bridgehead atoms. The Morgan fingerprint density at radius 2 is 2.00 bits per heavy atom. The molecule has 0 amide bonds. The van der Waals surface area contributed by atoms with Gasteiger partial charge in [0.2, 0.25) is 5.95 Å². The maximum atomic E-state index is 4.77. The Balaban J connectivity index is 1.73. The molecule has 0 aromatic carbocycles. The Hall–Kier alpha value is -2.01. The first-order chi connectivity index (χ1) is 10.7. The van der Waals surface area contributed by atoms with Crippen molar-refractivity contribution in [3.63, 3.8) is 0 Å². The standard InChI is InChI=1S/C17H23N5/c1-13(2)22-11-4-6-14(12-22)15-7-3-8-16(20-15)21-17-18-9-5-10-19-17/h3,5,7-10,13-14H,4,6,11-12H2,1-2H3,(H,18,19,20,21)/t14-/m1/s1. The van der Waals surface area contributed by atoms with Crippen molar-refractivity contribution < 1.29 is 0 Å². The smallest absolute Gasteiger partial charge is 0.228 e. The third-order valence-electron chi connectivity index (χ3n) is 4.18. The molecule has 5 heteroatoms. The van der Waals surface area contributed by atoms with Crippen LogP contribution in [0.15, 0.2) is 36.7 Å². The quantitative estimate of drug-likeness (QED) is 0.939. The van der Waals surface area contributed by atoms with E-state index >= 15 is 0 Å². The lowest BCUT2D eigenvalue weighted by Crippen LogP contribution is -2.39. The van der Waals surface area contributed by atoms with Gasteiger partial charge in [0, 0.05) is 36.6 Å². The van der Waals surface area contributed by atoms with Crippen LogP contribution in [0.2, 0.25) is 0 Å². The number of hydrogen-bond donors (Lipinski definition) is 1. The van der Waals surface area contributed by atoms with Crippen LogP contribution < -0.4 is 5.32 Å². The van der Waals surface area contributed by atoms with Gasteiger partial charge in [-0.3, -0.25) is 0 Å². The second-order valence-corrected chi connectivity index (χ2v) is 6.07. The second-order valence-electron chi connectivity index (χ2n) is 6.07. The molecule has 0 aliphatic carbocycles. The lowest BCUT2D eigenvalue weighted by Gasteiger charge is -2.35. The third kappa shape index (κ3) is 3.60. The number of likely N-dealkylation sites (tertiary alicyclic amines) is 1. The number of pyridine rings is 1. The van der Waals surface area contributed by atoms with E-state index in [4.69, 9.17) is 4.98 Å². The van der Waals surface area contributed by atoms with Gasteiger partial charge in [0.25, 0.3) is 0 Å². The zero-order valence-electron chi connectivity index (χ0n) is 13.2. The Bertz CT molecular complexity index is 599. The summed E-state index contributed by atoms with van der Waals surface area (Å²) >= 11 is 0. The summed E-state index contributed by atoms with van der Waals surface area (Å²) in [5, 5.41) is 3.17. The minimum atomic E-state index is 0.509. The summed E-state index contributed by atoms with van der Waals surface area (Å²) in [6.45, 7) is 6.82. The fraction of sp³-hybridized carbons (Fsp3) is 0.471. The van der Waals surface area contributed by atoms with Crippen molar-refractivity contribution in [1.82, 2.24) is 19.9 Å². The normalized spacial score (nSPS) is 19.3. The molecule has 1 aliphatic rings. The summed E-state index contributed by atoms with van der Waals surface area (Å²) in [5.74, 6) is 1.90. The maximum absolute atomic E-state index is 4.77. The fourth-order valence-electron chi connectivity index (χ4n) is 2.94. The molecule has 1 atom stereocenters. The molecule has 1 saturated heterocycles. The van der Waals surface area contributed by atoms with Gasteiger partial charge in [0.05, 0.1) is 0 Å². The first-order valence-electron chi connectivity index (χ1n) is 7.97. The molecule has 3 heterocycles. The van der Waals surface area contributed by atoms with Gasteiger partial charge in [-0.05, 0) is 51.4 Å². The van der Waals surface area contributed by atoms with Gasteiger partial charge < -0.3 is 10.2 Å². The highest BCUT2D eigenvalue weighted by molar-refractivity contribution is 5.47. The average molecular weight is 297 g/mol. The molecule has 116 valence electrons. The van der Waals surface area contributed by atoms with Crippen molar-refractivity contribution in [3.8, 4) is 0 Å². The molecular formula is C17H23N5. The van der Waals surface area contributed by atoms with E-state index in [1.807, 2.05) is 6.07 Å². The minimum absolute atomic E-state index is 0.509. The van der Waals surface area contributed by atoms with E-state index in [9.17, 15) is 0 Å². The first kappa shape index (κ1) is 14.9. The highest BCUT2D eigenvalue weighted by Gasteiger charge is 2.23. The van der Waals surface area contributed by atoms with E-state index < -0.39 is 0 Å². The molecule has 0 unspecified atom stereocenters. The maximum Gasteiger partial charge on any atom is 0.228 e. The highest BCUT2D eigenvalue weighted by Crippen LogP contribution is 2.27. The van der Waals surface area contributed by atoms with Gasteiger partial charge >= 0.3 is 0 Å². The number of nitrogens with zero attached hydrogens (tertiary/aromatic N) is 4. The molecule has 0 spiro atoms. The van der Waals surface area contributed by atoms with Gasteiger partial charge in [0.15, 0.2) is 0 Å². The van der Waals surface area contributed by atoms with Gasteiger partial charge in [-0.2, -0.15) is 0 Å². The molecule has 2 aromatic heterocycles. The minimum Gasteiger partial charge on any atom is -0.309 e. The second kappa shape index (κ2) is 6.83. The number of aromatic nitrogens is 3. The van der Waals surface area contributed by atoms with E-state index in [2.05, 4.69) is 46.2 Å². The van der Waals surface area contributed by atoms with E-state index in [1.165, 1.54) is 19.4 Å². The van der Waals surface area contributed by atoms with Crippen LogP contribution in [0.4, 0.5) is 11.8 Å². The largest absolute Gasteiger partial charge is 0.309 e. The van der Waals surface area contributed by atoms with Crippen molar-refractivity contribution in [2.45, 2.75) is 38.6 Å².